The molecule has 3 rings (SSSR count). The molecule has 0 saturated carbocycles. The van der Waals surface area contributed by atoms with E-state index in [4.69, 9.17) is 15.2 Å². The Balaban J connectivity index is 1.86. The summed E-state index contributed by atoms with van der Waals surface area (Å²) in [5.41, 5.74) is 7.50. The summed E-state index contributed by atoms with van der Waals surface area (Å²) in [6.07, 6.45) is 3.63. The lowest BCUT2D eigenvalue weighted by Gasteiger charge is -2.18. The van der Waals surface area contributed by atoms with Crippen molar-refractivity contribution in [3.8, 4) is 11.5 Å². The van der Waals surface area contributed by atoms with Crippen LogP contribution in [0.1, 0.15) is 57.8 Å². The predicted molar refractivity (Wildman–Crippen MR) is 111 cm³/mol. The van der Waals surface area contributed by atoms with Crippen LogP contribution in [0.25, 0.3) is 0 Å². The van der Waals surface area contributed by atoms with Crippen molar-refractivity contribution in [1.82, 2.24) is 0 Å². The number of hydrogen-bond acceptors (Lipinski definition) is 5. The fourth-order valence-corrected chi connectivity index (χ4v) is 4.83. The molecule has 1 aliphatic carbocycles. The van der Waals surface area contributed by atoms with E-state index in [1.807, 2.05) is 6.92 Å². The van der Waals surface area contributed by atoms with Gasteiger partial charge in [-0.2, -0.15) is 0 Å². The summed E-state index contributed by atoms with van der Waals surface area (Å²) < 4.78 is 11.0. The molecular formula is C21H26N2O4S. The molecule has 1 atom stereocenters. The molecule has 0 spiro atoms. The Kier molecular flexibility index (Phi) is 6.24. The van der Waals surface area contributed by atoms with Crippen LogP contribution in [-0.4, -0.2) is 25.5 Å². The zero-order chi connectivity index (χ0) is 20.3. The number of benzene rings is 1. The van der Waals surface area contributed by atoms with Crippen LogP contribution in [0.5, 0.6) is 11.5 Å². The number of nitrogens with two attached hydrogens (primary N) is 1. The lowest BCUT2D eigenvalue weighted by Crippen LogP contribution is -2.19. The minimum atomic E-state index is -0.497. The molecule has 1 aromatic carbocycles. The summed E-state index contributed by atoms with van der Waals surface area (Å²) in [6, 6.07) is 5.04. The number of amides is 2. The van der Waals surface area contributed by atoms with Crippen molar-refractivity contribution in [2.24, 2.45) is 11.7 Å². The Labute approximate surface area is 169 Å². The van der Waals surface area contributed by atoms with Crippen molar-refractivity contribution >= 4 is 28.2 Å². The van der Waals surface area contributed by atoms with Gasteiger partial charge in [0.1, 0.15) is 5.00 Å². The monoisotopic (exact) mass is 402 g/mol. The molecule has 1 heterocycles. The first-order chi connectivity index (χ1) is 13.4. The van der Waals surface area contributed by atoms with Gasteiger partial charge in [-0.25, -0.2) is 0 Å². The van der Waals surface area contributed by atoms with E-state index in [0.29, 0.717) is 40.2 Å². The lowest BCUT2D eigenvalue weighted by molar-refractivity contribution is 0.1000. The highest BCUT2D eigenvalue weighted by atomic mass is 32.1. The number of carbonyl (C=O) groups is 2. The molecular weight excluding hydrogens is 376 g/mol. The van der Waals surface area contributed by atoms with Gasteiger partial charge in [-0.3, -0.25) is 9.59 Å². The van der Waals surface area contributed by atoms with Crippen LogP contribution in [0.3, 0.4) is 0 Å². The van der Waals surface area contributed by atoms with E-state index in [9.17, 15) is 9.59 Å². The van der Waals surface area contributed by atoms with Gasteiger partial charge in [-0.05, 0) is 55.4 Å². The highest BCUT2D eigenvalue weighted by molar-refractivity contribution is 7.17. The minimum absolute atomic E-state index is 0.311. The number of ether oxygens (including phenoxy) is 2. The van der Waals surface area contributed by atoms with Gasteiger partial charge in [0.05, 0.1) is 19.3 Å². The molecule has 0 radical (unpaired) electrons. The van der Waals surface area contributed by atoms with Crippen molar-refractivity contribution in [3.05, 3.63) is 39.8 Å². The summed E-state index contributed by atoms with van der Waals surface area (Å²) in [7, 11) is 1.54. The molecule has 0 aliphatic heterocycles. The van der Waals surface area contributed by atoms with E-state index in [1.165, 1.54) is 18.4 Å². The summed E-state index contributed by atoms with van der Waals surface area (Å²) >= 11 is 1.45. The van der Waals surface area contributed by atoms with E-state index in [2.05, 4.69) is 12.2 Å². The maximum Gasteiger partial charge on any atom is 0.256 e. The maximum absolute atomic E-state index is 12.8. The number of thiophene rings is 1. The zero-order valence-electron chi connectivity index (χ0n) is 16.5. The smallest absolute Gasteiger partial charge is 0.256 e. The minimum Gasteiger partial charge on any atom is -0.493 e. The summed E-state index contributed by atoms with van der Waals surface area (Å²) in [5.74, 6) is 0.850. The Morgan fingerprint density at radius 1 is 1.32 bits per heavy atom. The Bertz CT molecular complexity index is 891. The van der Waals surface area contributed by atoms with Gasteiger partial charge >= 0.3 is 0 Å². The average Bonchev–Trinajstić information content (AvgIpc) is 3.02. The molecule has 7 heteroatoms. The number of hydrogen-bond donors (Lipinski definition) is 2. The molecule has 6 nitrogen and oxygen atoms in total. The van der Waals surface area contributed by atoms with Crippen molar-refractivity contribution in [1.29, 1.82) is 0 Å². The number of primary amides is 1. The zero-order valence-corrected chi connectivity index (χ0v) is 17.3. The molecule has 0 bridgehead atoms. The first-order valence-electron chi connectivity index (χ1n) is 9.51. The molecule has 2 aromatic rings. The van der Waals surface area contributed by atoms with E-state index in [1.54, 1.807) is 18.2 Å². The maximum atomic E-state index is 12.8. The molecule has 0 saturated heterocycles. The SMILES string of the molecule is CCCOc1ccc(C(=O)Nc2sc3c(c2C(N)=O)CCC(C)C3)cc1OC. The Hall–Kier alpha value is -2.54. The van der Waals surface area contributed by atoms with Crippen molar-refractivity contribution in [2.45, 2.75) is 39.5 Å². The van der Waals surface area contributed by atoms with Gasteiger partial charge < -0.3 is 20.5 Å². The van der Waals surface area contributed by atoms with Crippen molar-refractivity contribution in [3.63, 3.8) is 0 Å². The fraction of sp³-hybridized carbons (Fsp3) is 0.429. The van der Waals surface area contributed by atoms with Crippen LogP contribution >= 0.6 is 11.3 Å². The van der Waals surface area contributed by atoms with Gasteiger partial charge in [-0.15, -0.1) is 11.3 Å². The third-order valence-corrected chi connectivity index (χ3v) is 6.04. The molecule has 150 valence electrons. The van der Waals surface area contributed by atoms with Gasteiger partial charge in [0, 0.05) is 10.4 Å². The molecule has 1 aromatic heterocycles. The van der Waals surface area contributed by atoms with Crippen molar-refractivity contribution in [2.75, 3.05) is 19.0 Å². The number of fused-ring (bicyclic) bond motifs is 1. The van der Waals surface area contributed by atoms with Crippen LogP contribution in [0, 0.1) is 5.92 Å². The van der Waals surface area contributed by atoms with Gasteiger partial charge in [-0.1, -0.05) is 13.8 Å². The van der Waals surface area contributed by atoms with Crippen LogP contribution in [0.2, 0.25) is 0 Å². The highest BCUT2D eigenvalue weighted by Gasteiger charge is 2.27. The van der Waals surface area contributed by atoms with E-state index < -0.39 is 5.91 Å². The number of nitrogens with one attached hydrogen (secondary N) is 1. The second-order valence-corrected chi connectivity index (χ2v) is 8.19. The lowest BCUT2D eigenvalue weighted by atomic mass is 9.88. The average molecular weight is 403 g/mol. The topological polar surface area (TPSA) is 90.6 Å². The fourth-order valence-electron chi connectivity index (χ4n) is 3.41. The van der Waals surface area contributed by atoms with Crippen LogP contribution in [-0.2, 0) is 12.8 Å². The first-order valence-corrected chi connectivity index (χ1v) is 10.3. The molecule has 0 fully saturated rings. The second-order valence-electron chi connectivity index (χ2n) is 7.09. The van der Waals surface area contributed by atoms with Gasteiger partial charge in [0.25, 0.3) is 11.8 Å². The highest BCUT2D eigenvalue weighted by Crippen LogP contribution is 2.39. The van der Waals surface area contributed by atoms with Crippen LogP contribution < -0.4 is 20.5 Å². The molecule has 1 aliphatic rings. The molecule has 2 amide bonds. The van der Waals surface area contributed by atoms with Crippen molar-refractivity contribution < 1.29 is 19.1 Å². The summed E-state index contributed by atoms with van der Waals surface area (Å²) in [5, 5.41) is 3.41. The molecule has 3 N–H and O–H groups in total. The molecule has 28 heavy (non-hydrogen) atoms. The van der Waals surface area contributed by atoms with Gasteiger partial charge in [0.15, 0.2) is 11.5 Å². The normalized spacial score (nSPS) is 15.6. The van der Waals surface area contributed by atoms with E-state index in [-0.39, 0.29) is 5.91 Å². The third kappa shape index (κ3) is 4.14. The number of carbonyl (C=O) groups excluding carboxylic acids is 2. The quantitative estimate of drug-likeness (QED) is 0.732. The summed E-state index contributed by atoms with van der Waals surface area (Å²) in [4.78, 5) is 26.0. The predicted octanol–water partition coefficient (Wildman–Crippen LogP) is 4.02. The van der Waals surface area contributed by atoms with Crippen LogP contribution in [0.4, 0.5) is 5.00 Å². The standard InChI is InChI=1S/C21H26N2O4S/c1-4-9-27-15-8-6-13(11-16(15)26-3)20(25)23-21-18(19(22)24)14-7-5-12(2)10-17(14)28-21/h6,8,11-12H,4-5,7,9-10H2,1-3H3,(H2,22,24)(H,23,25). The number of anilines is 1. The summed E-state index contributed by atoms with van der Waals surface area (Å²) in [6.45, 7) is 4.79. The number of rotatable bonds is 7. The van der Waals surface area contributed by atoms with E-state index in [0.717, 1.165) is 36.1 Å². The second kappa shape index (κ2) is 8.65. The van der Waals surface area contributed by atoms with Crippen LogP contribution in [0.15, 0.2) is 18.2 Å². The Morgan fingerprint density at radius 3 is 2.79 bits per heavy atom. The van der Waals surface area contributed by atoms with E-state index >= 15 is 0 Å². The largest absolute Gasteiger partial charge is 0.493 e. The third-order valence-electron chi connectivity index (χ3n) is 4.87. The Morgan fingerprint density at radius 2 is 2.11 bits per heavy atom. The van der Waals surface area contributed by atoms with Gasteiger partial charge in [0.2, 0.25) is 0 Å². The first kappa shape index (κ1) is 20.2. The molecule has 1 unspecified atom stereocenters. The number of methoxy groups -OCH3 is 1.